The topological polar surface area (TPSA) is 61.9 Å². The van der Waals surface area contributed by atoms with Gasteiger partial charge in [0.15, 0.2) is 5.11 Å². The normalized spacial score (nSPS) is 15.4. The Labute approximate surface area is 219 Å². The van der Waals surface area contributed by atoms with Crippen LogP contribution in [0.15, 0.2) is 83.3 Å². The summed E-state index contributed by atoms with van der Waals surface area (Å²) in [5.74, 6) is 0.404. The van der Waals surface area contributed by atoms with Crippen LogP contribution in [0.4, 0.5) is 5.69 Å². The Bertz CT molecular complexity index is 1190. The number of thiocarbonyl (C=S) groups is 1. The molecule has 3 aromatic carbocycles. The molecule has 0 spiro atoms. The lowest BCUT2D eigenvalue weighted by atomic mass is 10.1. The predicted molar refractivity (Wildman–Crippen MR) is 144 cm³/mol. The standard InChI is InChI=1S/C27H26BrN3O3S/c1-34-23-13-7-19(8-14-23)15-16-30-24(17-25(32)29-22-11-9-21(28)10-12-22)26(33)31(27(30)35)18-20-5-3-2-4-6-20/h2-14,24H,15-18H2,1H3,(H,29,32). The predicted octanol–water partition coefficient (Wildman–Crippen LogP) is 5.03. The average Bonchev–Trinajstić information content (AvgIpc) is 3.08. The van der Waals surface area contributed by atoms with Gasteiger partial charge in [-0.1, -0.05) is 58.4 Å². The first-order chi connectivity index (χ1) is 16.9. The van der Waals surface area contributed by atoms with Crippen molar-refractivity contribution in [2.24, 2.45) is 0 Å². The summed E-state index contributed by atoms with van der Waals surface area (Å²) in [5, 5.41) is 3.34. The maximum absolute atomic E-state index is 13.5. The number of hydrogen-bond donors (Lipinski definition) is 1. The van der Waals surface area contributed by atoms with Crippen LogP contribution in [-0.2, 0) is 22.6 Å². The van der Waals surface area contributed by atoms with Crippen molar-refractivity contribution < 1.29 is 14.3 Å². The number of nitrogens with one attached hydrogen (secondary N) is 1. The maximum Gasteiger partial charge on any atom is 0.252 e. The minimum atomic E-state index is -0.653. The largest absolute Gasteiger partial charge is 0.497 e. The third-order valence-electron chi connectivity index (χ3n) is 5.89. The zero-order valence-corrected chi connectivity index (χ0v) is 21.7. The summed E-state index contributed by atoms with van der Waals surface area (Å²) in [7, 11) is 1.63. The molecule has 0 aliphatic carbocycles. The summed E-state index contributed by atoms with van der Waals surface area (Å²) in [5.41, 5.74) is 2.76. The number of amides is 2. The third-order valence-corrected chi connectivity index (χ3v) is 6.88. The van der Waals surface area contributed by atoms with Crippen molar-refractivity contribution >= 4 is 50.8 Å². The number of rotatable bonds is 9. The van der Waals surface area contributed by atoms with Crippen molar-refractivity contribution in [2.75, 3.05) is 19.0 Å². The maximum atomic E-state index is 13.5. The highest BCUT2D eigenvalue weighted by Crippen LogP contribution is 2.25. The van der Waals surface area contributed by atoms with Crippen molar-refractivity contribution in [1.29, 1.82) is 0 Å². The number of benzene rings is 3. The molecule has 1 atom stereocenters. The van der Waals surface area contributed by atoms with E-state index in [1.54, 1.807) is 12.0 Å². The van der Waals surface area contributed by atoms with E-state index < -0.39 is 6.04 Å². The van der Waals surface area contributed by atoms with Crippen LogP contribution >= 0.6 is 28.1 Å². The van der Waals surface area contributed by atoms with Crippen molar-refractivity contribution in [3.05, 3.63) is 94.5 Å². The van der Waals surface area contributed by atoms with Gasteiger partial charge in [0, 0.05) is 16.7 Å². The average molecular weight is 552 g/mol. The lowest BCUT2D eigenvalue weighted by Crippen LogP contribution is -2.39. The van der Waals surface area contributed by atoms with E-state index in [-0.39, 0.29) is 18.2 Å². The number of anilines is 1. The molecule has 180 valence electrons. The monoisotopic (exact) mass is 551 g/mol. The van der Waals surface area contributed by atoms with Gasteiger partial charge in [0.1, 0.15) is 11.8 Å². The molecule has 35 heavy (non-hydrogen) atoms. The lowest BCUT2D eigenvalue weighted by molar-refractivity contribution is -0.131. The van der Waals surface area contributed by atoms with E-state index in [1.807, 2.05) is 83.8 Å². The quantitative estimate of drug-likeness (QED) is 0.378. The molecule has 6 nitrogen and oxygen atoms in total. The van der Waals surface area contributed by atoms with Crippen molar-refractivity contribution in [2.45, 2.75) is 25.4 Å². The number of carbonyl (C=O) groups is 2. The molecule has 0 bridgehead atoms. The van der Waals surface area contributed by atoms with E-state index in [2.05, 4.69) is 21.2 Å². The molecule has 1 fully saturated rings. The Balaban J connectivity index is 1.50. The third kappa shape index (κ3) is 6.26. The molecular formula is C27H26BrN3O3S. The highest BCUT2D eigenvalue weighted by Gasteiger charge is 2.43. The van der Waals surface area contributed by atoms with Crippen molar-refractivity contribution in [3.8, 4) is 5.75 Å². The number of ether oxygens (including phenoxy) is 1. The molecule has 2 amide bonds. The first kappa shape index (κ1) is 24.9. The molecule has 0 saturated carbocycles. The van der Waals surface area contributed by atoms with Gasteiger partial charge in [-0.05, 0) is 66.2 Å². The molecule has 0 aromatic heterocycles. The molecule has 1 N–H and O–H groups in total. The fraction of sp³-hybridized carbons (Fsp3) is 0.222. The number of hydrogen-bond acceptors (Lipinski definition) is 4. The summed E-state index contributed by atoms with van der Waals surface area (Å²) >= 11 is 9.13. The van der Waals surface area contributed by atoms with Crippen LogP contribution in [-0.4, -0.2) is 46.4 Å². The minimum absolute atomic E-state index is 0.0168. The summed E-state index contributed by atoms with van der Waals surface area (Å²) in [6, 6.07) is 24.2. The Morgan fingerprint density at radius 1 is 1.00 bits per heavy atom. The molecule has 8 heteroatoms. The van der Waals surface area contributed by atoms with Gasteiger partial charge in [0.2, 0.25) is 5.91 Å². The summed E-state index contributed by atoms with van der Waals surface area (Å²) < 4.78 is 6.16. The zero-order chi connectivity index (χ0) is 24.8. The number of methoxy groups -OCH3 is 1. The first-order valence-corrected chi connectivity index (χ1v) is 12.5. The van der Waals surface area contributed by atoms with E-state index >= 15 is 0 Å². The molecule has 0 radical (unpaired) electrons. The Morgan fingerprint density at radius 2 is 1.69 bits per heavy atom. The summed E-state index contributed by atoms with van der Waals surface area (Å²) in [6.07, 6.45) is 0.699. The molecular weight excluding hydrogens is 526 g/mol. The zero-order valence-electron chi connectivity index (χ0n) is 19.3. The van der Waals surface area contributed by atoms with Crippen LogP contribution < -0.4 is 10.1 Å². The van der Waals surface area contributed by atoms with Gasteiger partial charge in [0.05, 0.1) is 20.1 Å². The Kier molecular flexibility index (Phi) is 8.15. The molecule has 3 aromatic rings. The molecule has 1 unspecified atom stereocenters. The molecule has 1 aliphatic rings. The van der Waals surface area contributed by atoms with Crippen LogP contribution in [0.2, 0.25) is 0 Å². The Morgan fingerprint density at radius 3 is 2.34 bits per heavy atom. The van der Waals surface area contributed by atoms with Gasteiger partial charge in [-0.2, -0.15) is 0 Å². The molecule has 1 aliphatic heterocycles. The van der Waals surface area contributed by atoms with Gasteiger partial charge in [-0.25, -0.2) is 0 Å². The summed E-state index contributed by atoms with van der Waals surface area (Å²) in [4.78, 5) is 29.8. The fourth-order valence-electron chi connectivity index (χ4n) is 4.02. The number of halogens is 1. The highest BCUT2D eigenvalue weighted by atomic mass is 79.9. The van der Waals surface area contributed by atoms with Gasteiger partial charge in [-0.3, -0.25) is 14.5 Å². The van der Waals surface area contributed by atoms with Crippen molar-refractivity contribution in [1.82, 2.24) is 9.80 Å². The van der Waals surface area contributed by atoms with Gasteiger partial charge in [0.25, 0.3) is 5.91 Å². The van der Waals surface area contributed by atoms with E-state index in [9.17, 15) is 9.59 Å². The van der Waals surface area contributed by atoms with Crippen LogP contribution in [0.3, 0.4) is 0 Å². The highest BCUT2D eigenvalue weighted by molar-refractivity contribution is 9.10. The summed E-state index contributed by atoms with van der Waals surface area (Å²) in [6.45, 7) is 0.904. The van der Waals surface area contributed by atoms with E-state index in [4.69, 9.17) is 17.0 Å². The number of nitrogens with zero attached hydrogens (tertiary/aromatic N) is 2. The lowest BCUT2D eigenvalue weighted by Gasteiger charge is -2.24. The van der Waals surface area contributed by atoms with Crippen molar-refractivity contribution in [3.63, 3.8) is 0 Å². The smallest absolute Gasteiger partial charge is 0.252 e. The van der Waals surface area contributed by atoms with Crippen LogP contribution in [0.5, 0.6) is 5.75 Å². The van der Waals surface area contributed by atoms with E-state index in [0.717, 1.165) is 21.3 Å². The SMILES string of the molecule is COc1ccc(CCN2C(=S)N(Cc3ccccc3)C(=O)C2CC(=O)Nc2ccc(Br)cc2)cc1. The minimum Gasteiger partial charge on any atom is -0.497 e. The first-order valence-electron chi connectivity index (χ1n) is 11.3. The van der Waals surface area contributed by atoms with E-state index in [0.29, 0.717) is 30.3 Å². The van der Waals surface area contributed by atoms with Crippen LogP contribution in [0.25, 0.3) is 0 Å². The molecule has 1 heterocycles. The second kappa shape index (κ2) is 11.5. The second-order valence-corrected chi connectivity index (χ2v) is 9.54. The second-order valence-electron chi connectivity index (χ2n) is 8.26. The molecule has 1 saturated heterocycles. The Hall–Kier alpha value is -3.23. The van der Waals surface area contributed by atoms with Crippen LogP contribution in [0, 0.1) is 0 Å². The molecule has 4 rings (SSSR count). The van der Waals surface area contributed by atoms with Crippen LogP contribution in [0.1, 0.15) is 17.5 Å². The number of carbonyl (C=O) groups excluding carboxylic acids is 2. The van der Waals surface area contributed by atoms with Gasteiger partial charge >= 0.3 is 0 Å². The van der Waals surface area contributed by atoms with Gasteiger partial charge < -0.3 is 15.0 Å². The van der Waals surface area contributed by atoms with E-state index in [1.165, 1.54) is 0 Å². The van der Waals surface area contributed by atoms with Gasteiger partial charge in [-0.15, -0.1) is 0 Å². The fourth-order valence-corrected chi connectivity index (χ4v) is 4.66.